The van der Waals surface area contributed by atoms with Gasteiger partial charge in [0.15, 0.2) is 0 Å². The third kappa shape index (κ3) is 2.09. The molecule has 70 valence electrons. The second kappa shape index (κ2) is 4.64. The van der Waals surface area contributed by atoms with Crippen LogP contribution in [0.3, 0.4) is 0 Å². The highest BCUT2D eigenvalue weighted by molar-refractivity contribution is 5.81. The number of ketones is 1. The van der Waals surface area contributed by atoms with E-state index in [0.717, 1.165) is 12.8 Å². The van der Waals surface area contributed by atoms with Gasteiger partial charge >= 0.3 is 0 Å². The summed E-state index contributed by atoms with van der Waals surface area (Å²) in [6.45, 7) is 4.20. The fraction of sp³-hybridized carbons (Fsp3) is 0.909. The van der Waals surface area contributed by atoms with E-state index in [0.29, 0.717) is 17.6 Å². The van der Waals surface area contributed by atoms with Crippen LogP contribution in [0.15, 0.2) is 0 Å². The van der Waals surface area contributed by atoms with Crippen LogP contribution in [0, 0.1) is 11.8 Å². The molecule has 0 heterocycles. The standard InChI is InChI=1S/C11H20O/c1-3-9-7-5-6-8-10(9)11(12)4-2/h9-10H,3-8H2,1-2H3. The fourth-order valence-electron chi connectivity index (χ4n) is 2.38. The molecule has 2 atom stereocenters. The molecule has 0 radical (unpaired) electrons. The predicted molar refractivity (Wildman–Crippen MR) is 51.0 cm³/mol. The first-order valence-electron chi connectivity index (χ1n) is 5.32. The van der Waals surface area contributed by atoms with Crippen molar-refractivity contribution < 1.29 is 4.79 Å². The summed E-state index contributed by atoms with van der Waals surface area (Å²) in [4.78, 5) is 11.5. The third-order valence-corrected chi connectivity index (χ3v) is 3.20. The molecule has 0 aromatic carbocycles. The molecule has 0 spiro atoms. The fourth-order valence-corrected chi connectivity index (χ4v) is 2.38. The van der Waals surface area contributed by atoms with E-state index in [1.807, 2.05) is 6.92 Å². The summed E-state index contributed by atoms with van der Waals surface area (Å²) in [6.07, 6.45) is 6.98. The van der Waals surface area contributed by atoms with E-state index in [1.54, 1.807) is 0 Å². The van der Waals surface area contributed by atoms with Crippen molar-refractivity contribution in [2.24, 2.45) is 11.8 Å². The molecule has 1 rings (SSSR count). The minimum absolute atomic E-state index is 0.411. The van der Waals surface area contributed by atoms with Crippen LogP contribution in [0.2, 0.25) is 0 Å². The van der Waals surface area contributed by atoms with Crippen LogP contribution in [-0.4, -0.2) is 5.78 Å². The Morgan fingerprint density at radius 2 is 1.92 bits per heavy atom. The summed E-state index contributed by atoms with van der Waals surface area (Å²) in [5, 5.41) is 0. The highest BCUT2D eigenvalue weighted by atomic mass is 16.1. The Morgan fingerprint density at radius 3 is 2.50 bits per heavy atom. The van der Waals surface area contributed by atoms with Crippen molar-refractivity contribution in [3.8, 4) is 0 Å². The van der Waals surface area contributed by atoms with Crippen LogP contribution >= 0.6 is 0 Å². The van der Waals surface area contributed by atoms with Crippen molar-refractivity contribution in [2.75, 3.05) is 0 Å². The molecule has 1 saturated carbocycles. The molecule has 0 aromatic rings. The van der Waals surface area contributed by atoms with Gasteiger partial charge in [0, 0.05) is 12.3 Å². The molecule has 2 unspecified atom stereocenters. The molecule has 12 heavy (non-hydrogen) atoms. The van der Waals surface area contributed by atoms with E-state index in [4.69, 9.17) is 0 Å². The van der Waals surface area contributed by atoms with E-state index in [-0.39, 0.29) is 0 Å². The number of carbonyl (C=O) groups excluding carboxylic acids is 1. The van der Waals surface area contributed by atoms with E-state index in [9.17, 15) is 4.79 Å². The summed E-state index contributed by atoms with van der Waals surface area (Å²) in [5.74, 6) is 1.61. The normalized spacial score (nSPS) is 30.2. The molecule has 1 aliphatic carbocycles. The molecule has 0 saturated heterocycles. The molecule has 0 aromatic heterocycles. The molecule has 0 aliphatic heterocycles. The van der Waals surface area contributed by atoms with Crippen LogP contribution < -0.4 is 0 Å². The zero-order valence-corrected chi connectivity index (χ0v) is 8.31. The minimum atomic E-state index is 0.411. The Labute approximate surface area is 75.5 Å². The number of hydrogen-bond acceptors (Lipinski definition) is 1. The van der Waals surface area contributed by atoms with Crippen molar-refractivity contribution in [1.29, 1.82) is 0 Å². The zero-order valence-electron chi connectivity index (χ0n) is 8.31. The van der Waals surface area contributed by atoms with Gasteiger partial charge in [-0.15, -0.1) is 0 Å². The van der Waals surface area contributed by atoms with Gasteiger partial charge in [0.05, 0.1) is 0 Å². The number of carbonyl (C=O) groups is 1. The van der Waals surface area contributed by atoms with Gasteiger partial charge < -0.3 is 0 Å². The first-order chi connectivity index (χ1) is 5.79. The summed E-state index contributed by atoms with van der Waals surface area (Å²) < 4.78 is 0. The van der Waals surface area contributed by atoms with E-state index >= 15 is 0 Å². The Bertz CT molecular complexity index is 151. The maximum Gasteiger partial charge on any atom is 0.135 e. The highest BCUT2D eigenvalue weighted by Gasteiger charge is 2.27. The quantitative estimate of drug-likeness (QED) is 0.632. The van der Waals surface area contributed by atoms with Crippen molar-refractivity contribution >= 4 is 5.78 Å². The SMILES string of the molecule is CCC(=O)C1CCCCC1CC. The van der Waals surface area contributed by atoms with Crippen LogP contribution in [-0.2, 0) is 4.79 Å². The highest BCUT2D eigenvalue weighted by Crippen LogP contribution is 2.33. The van der Waals surface area contributed by atoms with E-state index in [1.165, 1.54) is 25.7 Å². The minimum Gasteiger partial charge on any atom is -0.299 e. The Balaban J connectivity index is 2.52. The van der Waals surface area contributed by atoms with Crippen LogP contribution in [0.25, 0.3) is 0 Å². The summed E-state index contributed by atoms with van der Waals surface area (Å²) >= 11 is 0. The largest absolute Gasteiger partial charge is 0.299 e. The first kappa shape index (κ1) is 9.76. The van der Waals surface area contributed by atoms with E-state index < -0.39 is 0 Å². The Kier molecular flexibility index (Phi) is 3.77. The number of hydrogen-bond donors (Lipinski definition) is 0. The lowest BCUT2D eigenvalue weighted by Crippen LogP contribution is -2.26. The molecule has 1 nitrogen and oxygen atoms in total. The monoisotopic (exact) mass is 168 g/mol. The Hall–Kier alpha value is -0.330. The molecule has 1 aliphatic rings. The van der Waals surface area contributed by atoms with Crippen LogP contribution in [0.4, 0.5) is 0 Å². The molecule has 1 fully saturated rings. The third-order valence-electron chi connectivity index (χ3n) is 3.20. The first-order valence-corrected chi connectivity index (χ1v) is 5.32. The van der Waals surface area contributed by atoms with Gasteiger partial charge in [-0.3, -0.25) is 4.79 Å². The van der Waals surface area contributed by atoms with E-state index in [2.05, 4.69) is 6.92 Å². The molecule has 0 bridgehead atoms. The predicted octanol–water partition coefficient (Wildman–Crippen LogP) is 3.18. The number of rotatable bonds is 3. The molecular formula is C11H20O. The van der Waals surface area contributed by atoms with Crippen molar-refractivity contribution in [3.05, 3.63) is 0 Å². The van der Waals surface area contributed by atoms with Gasteiger partial charge in [0.1, 0.15) is 5.78 Å². The molecular weight excluding hydrogens is 148 g/mol. The topological polar surface area (TPSA) is 17.1 Å². The van der Waals surface area contributed by atoms with Gasteiger partial charge in [-0.25, -0.2) is 0 Å². The Morgan fingerprint density at radius 1 is 1.25 bits per heavy atom. The van der Waals surface area contributed by atoms with Gasteiger partial charge in [-0.05, 0) is 18.8 Å². The smallest absolute Gasteiger partial charge is 0.135 e. The average molecular weight is 168 g/mol. The average Bonchev–Trinajstić information content (AvgIpc) is 2.16. The maximum absolute atomic E-state index is 11.5. The second-order valence-corrected chi connectivity index (χ2v) is 3.88. The molecule has 1 heteroatoms. The lowest BCUT2D eigenvalue weighted by Gasteiger charge is -2.29. The number of Topliss-reactive ketones (excluding diaryl/α,β-unsaturated/α-hetero) is 1. The van der Waals surface area contributed by atoms with Gasteiger partial charge in [0.2, 0.25) is 0 Å². The van der Waals surface area contributed by atoms with Crippen molar-refractivity contribution in [1.82, 2.24) is 0 Å². The summed E-state index contributed by atoms with van der Waals surface area (Å²) in [5.41, 5.74) is 0. The molecule has 0 N–H and O–H groups in total. The van der Waals surface area contributed by atoms with Crippen LogP contribution in [0.5, 0.6) is 0 Å². The van der Waals surface area contributed by atoms with Gasteiger partial charge in [0.25, 0.3) is 0 Å². The lowest BCUT2D eigenvalue weighted by molar-refractivity contribution is -0.125. The van der Waals surface area contributed by atoms with Gasteiger partial charge in [-0.2, -0.15) is 0 Å². The zero-order chi connectivity index (χ0) is 8.97. The maximum atomic E-state index is 11.5. The molecule has 0 amide bonds. The second-order valence-electron chi connectivity index (χ2n) is 3.88. The lowest BCUT2D eigenvalue weighted by atomic mass is 9.75. The van der Waals surface area contributed by atoms with Crippen molar-refractivity contribution in [2.45, 2.75) is 52.4 Å². The van der Waals surface area contributed by atoms with Gasteiger partial charge in [-0.1, -0.05) is 33.1 Å². The summed E-state index contributed by atoms with van der Waals surface area (Å²) in [7, 11) is 0. The summed E-state index contributed by atoms with van der Waals surface area (Å²) in [6, 6.07) is 0. The van der Waals surface area contributed by atoms with Crippen LogP contribution in [0.1, 0.15) is 52.4 Å². The van der Waals surface area contributed by atoms with Crippen molar-refractivity contribution in [3.63, 3.8) is 0 Å².